The molecule has 0 saturated carbocycles. The Labute approximate surface area is 165 Å². The number of carbonyl (C=O) groups is 1. The Balaban J connectivity index is 3.65. The fraction of sp³-hybridized carbons (Fsp3) is 0.571. The van der Waals surface area contributed by atoms with Gasteiger partial charge >= 0.3 is 0 Å². The first-order valence-electron chi connectivity index (χ1n) is 9.65. The van der Waals surface area contributed by atoms with Crippen molar-refractivity contribution in [3.8, 4) is 0 Å². The first-order chi connectivity index (χ1) is 12.8. The van der Waals surface area contributed by atoms with Gasteiger partial charge in [0.1, 0.15) is 0 Å². The van der Waals surface area contributed by atoms with E-state index in [9.17, 15) is 18.3 Å². The molecule has 0 heterocycles. The van der Waals surface area contributed by atoms with Crippen LogP contribution in [0.1, 0.15) is 64.7 Å². The molecule has 27 heavy (non-hydrogen) atoms. The van der Waals surface area contributed by atoms with Gasteiger partial charge in [0.2, 0.25) is 15.9 Å². The standard InChI is InChI=1S/C21H35NO4S/c1-3-4-17-20(23)18-15-13-11-9-7-5-6-8-10-12-14-16-19-21(24)22-27(2,25)26/h5-6,9-12,15,18,20,23H,3-4,7-8,13-14,16-17,19H2,1-2H3,(H,22,24). The van der Waals surface area contributed by atoms with Gasteiger partial charge < -0.3 is 5.11 Å². The maximum atomic E-state index is 11.3. The summed E-state index contributed by atoms with van der Waals surface area (Å²) in [6.45, 7) is 2.12. The molecular formula is C21H35NO4S. The summed E-state index contributed by atoms with van der Waals surface area (Å²) < 4.78 is 23.7. The number of aliphatic hydroxyl groups is 1. The molecule has 0 aliphatic rings. The third-order valence-corrected chi connectivity index (χ3v) is 4.20. The minimum absolute atomic E-state index is 0.210. The summed E-state index contributed by atoms with van der Waals surface area (Å²) in [5.74, 6) is -0.456. The zero-order valence-electron chi connectivity index (χ0n) is 16.6. The molecule has 0 spiro atoms. The van der Waals surface area contributed by atoms with Gasteiger partial charge in [-0.2, -0.15) is 0 Å². The SMILES string of the molecule is CCCCC(O)C=CCC=CCC=CCC=CCCCC(=O)NS(C)(=O)=O. The quantitative estimate of drug-likeness (QED) is 0.321. The highest BCUT2D eigenvalue weighted by Gasteiger charge is 2.06. The van der Waals surface area contributed by atoms with Crippen LogP contribution >= 0.6 is 0 Å². The monoisotopic (exact) mass is 397 g/mol. The summed E-state index contributed by atoms with van der Waals surface area (Å²) in [7, 11) is -3.45. The van der Waals surface area contributed by atoms with E-state index < -0.39 is 15.9 Å². The first-order valence-corrected chi connectivity index (χ1v) is 11.5. The molecule has 0 aromatic rings. The maximum Gasteiger partial charge on any atom is 0.233 e. The van der Waals surface area contributed by atoms with E-state index in [1.165, 1.54) is 0 Å². The van der Waals surface area contributed by atoms with Crippen LogP contribution in [0.2, 0.25) is 0 Å². The molecule has 1 unspecified atom stereocenters. The molecule has 1 amide bonds. The van der Waals surface area contributed by atoms with Gasteiger partial charge in [0.05, 0.1) is 12.4 Å². The number of amides is 1. The fourth-order valence-electron chi connectivity index (χ4n) is 2.22. The summed E-state index contributed by atoms with van der Waals surface area (Å²) in [5, 5.41) is 9.66. The number of allylic oxidation sites excluding steroid dienone is 7. The van der Waals surface area contributed by atoms with E-state index >= 15 is 0 Å². The minimum atomic E-state index is -3.45. The summed E-state index contributed by atoms with van der Waals surface area (Å²) >= 11 is 0. The Morgan fingerprint density at radius 1 is 0.963 bits per heavy atom. The molecule has 0 aromatic heterocycles. The first kappa shape index (κ1) is 25.3. The van der Waals surface area contributed by atoms with Crippen LogP contribution in [0.5, 0.6) is 0 Å². The van der Waals surface area contributed by atoms with Crippen molar-refractivity contribution in [2.45, 2.75) is 70.8 Å². The predicted molar refractivity (Wildman–Crippen MR) is 113 cm³/mol. The van der Waals surface area contributed by atoms with Gasteiger partial charge in [-0.05, 0) is 38.5 Å². The molecule has 1 atom stereocenters. The number of hydrogen-bond donors (Lipinski definition) is 2. The van der Waals surface area contributed by atoms with Crippen LogP contribution < -0.4 is 4.72 Å². The Morgan fingerprint density at radius 2 is 1.52 bits per heavy atom. The van der Waals surface area contributed by atoms with Crippen LogP contribution in [0.25, 0.3) is 0 Å². The highest BCUT2D eigenvalue weighted by atomic mass is 32.2. The van der Waals surface area contributed by atoms with Crippen molar-refractivity contribution in [3.05, 3.63) is 48.6 Å². The Morgan fingerprint density at radius 3 is 2.07 bits per heavy atom. The van der Waals surface area contributed by atoms with Crippen molar-refractivity contribution >= 4 is 15.9 Å². The van der Waals surface area contributed by atoms with Crippen molar-refractivity contribution in [2.75, 3.05) is 6.26 Å². The number of unbranched alkanes of at least 4 members (excludes halogenated alkanes) is 2. The van der Waals surface area contributed by atoms with Crippen molar-refractivity contribution in [2.24, 2.45) is 0 Å². The molecule has 154 valence electrons. The van der Waals surface area contributed by atoms with Gasteiger partial charge in [0.25, 0.3) is 0 Å². The van der Waals surface area contributed by atoms with E-state index in [2.05, 4.69) is 31.2 Å². The van der Waals surface area contributed by atoms with Gasteiger partial charge in [-0.15, -0.1) is 0 Å². The molecule has 0 fully saturated rings. The van der Waals surface area contributed by atoms with Gasteiger partial charge in [0.15, 0.2) is 0 Å². The van der Waals surface area contributed by atoms with E-state index in [1.54, 1.807) is 0 Å². The fourth-order valence-corrected chi connectivity index (χ4v) is 2.73. The van der Waals surface area contributed by atoms with E-state index in [1.807, 2.05) is 29.0 Å². The zero-order chi connectivity index (χ0) is 20.4. The van der Waals surface area contributed by atoms with Crippen molar-refractivity contribution in [3.63, 3.8) is 0 Å². The lowest BCUT2D eigenvalue weighted by atomic mass is 10.1. The average Bonchev–Trinajstić information content (AvgIpc) is 2.58. The van der Waals surface area contributed by atoms with Gasteiger partial charge in [-0.25, -0.2) is 8.42 Å². The molecule has 0 aliphatic heterocycles. The summed E-state index contributed by atoms with van der Waals surface area (Å²) in [6, 6.07) is 0. The molecule has 0 saturated heterocycles. The van der Waals surface area contributed by atoms with Crippen LogP contribution in [-0.4, -0.2) is 31.8 Å². The number of aliphatic hydroxyl groups excluding tert-OH is 1. The average molecular weight is 398 g/mol. The van der Waals surface area contributed by atoms with Crippen molar-refractivity contribution < 1.29 is 18.3 Å². The number of carbonyl (C=O) groups excluding carboxylic acids is 1. The zero-order valence-corrected chi connectivity index (χ0v) is 17.5. The Hall–Kier alpha value is -1.66. The highest BCUT2D eigenvalue weighted by Crippen LogP contribution is 2.02. The molecule has 0 radical (unpaired) electrons. The molecule has 0 aromatic carbocycles. The van der Waals surface area contributed by atoms with Crippen LogP contribution in [0, 0.1) is 0 Å². The van der Waals surface area contributed by atoms with Crippen LogP contribution in [0.15, 0.2) is 48.6 Å². The topological polar surface area (TPSA) is 83.5 Å². The molecule has 0 bridgehead atoms. The van der Waals surface area contributed by atoms with E-state index in [-0.39, 0.29) is 12.5 Å². The molecule has 0 aliphatic carbocycles. The third kappa shape index (κ3) is 20.5. The second-order valence-electron chi connectivity index (χ2n) is 6.45. The normalized spacial score (nSPS) is 14.0. The third-order valence-electron chi connectivity index (χ3n) is 3.60. The predicted octanol–water partition coefficient (Wildman–Crippen LogP) is 4.18. The van der Waals surface area contributed by atoms with Crippen molar-refractivity contribution in [1.29, 1.82) is 0 Å². The lowest BCUT2D eigenvalue weighted by Gasteiger charge is -2.02. The Bertz CT molecular complexity index is 604. The minimum Gasteiger partial charge on any atom is -0.389 e. The van der Waals surface area contributed by atoms with Crippen LogP contribution in [0.3, 0.4) is 0 Å². The summed E-state index contributed by atoms with van der Waals surface area (Å²) in [5.41, 5.74) is 0. The molecular weight excluding hydrogens is 362 g/mol. The lowest BCUT2D eigenvalue weighted by Crippen LogP contribution is -2.28. The summed E-state index contributed by atoms with van der Waals surface area (Å²) in [6.07, 6.45) is 24.1. The molecule has 2 N–H and O–H groups in total. The second-order valence-corrected chi connectivity index (χ2v) is 8.20. The number of nitrogens with one attached hydrogen (secondary N) is 1. The number of hydrogen-bond acceptors (Lipinski definition) is 4. The number of sulfonamides is 1. The second kappa shape index (κ2) is 16.5. The summed E-state index contributed by atoms with van der Waals surface area (Å²) in [4.78, 5) is 11.3. The lowest BCUT2D eigenvalue weighted by molar-refractivity contribution is -0.119. The van der Waals surface area contributed by atoms with E-state index in [0.29, 0.717) is 6.42 Å². The largest absolute Gasteiger partial charge is 0.389 e. The van der Waals surface area contributed by atoms with E-state index in [0.717, 1.165) is 51.2 Å². The maximum absolute atomic E-state index is 11.3. The van der Waals surface area contributed by atoms with Gasteiger partial charge in [-0.3, -0.25) is 9.52 Å². The van der Waals surface area contributed by atoms with Gasteiger partial charge in [0, 0.05) is 6.42 Å². The van der Waals surface area contributed by atoms with Crippen molar-refractivity contribution in [1.82, 2.24) is 4.72 Å². The molecule has 5 nitrogen and oxygen atoms in total. The number of rotatable bonds is 15. The Kier molecular flexibility index (Phi) is 15.5. The molecule has 0 rings (SSSR count). The van der Waals surface area contributed by atoms with Crippen LogP contribution in [0.4, 0.5) is 0 Å². The smallest absolute Gasteiger partial charge is 0.233 e. The highest BCUT2D eigenvalue weighted by molar-refractivity contribution is 7.89. The molecule has 6 heteroatoms. The van der Waals surface area contributed by atoms with E-state index in [4.69, 9.17) is 0 Å². The van der Waals surface area contributed by atoms with Gasteiger partial charge in [-0.1, -0.05) is 68.4 Å². The van der Waals surface area contributed by atoms with Crippen LogP contribution in [-0.2, 0) is 14.8 Å².